The van der Waals surface area contributed by atoms with Gasteiger partial charge in [0.05, 0.1) is 24.3 Å². The third-order valence-corrected chi connectivity index (χ3v) is 4.43. The van der Waals surface area contributed by atoms with Crippen molar-refractivity contribution >= 4 is 29.8 Å². The lowest BCUT2D eigenvalue weighted by Gasteiger charge is -2.10. The Hall–Kier alpha value is -2.45. The van der Waals surface area contributed by atoms with Crippen LogP contribution in [0.1, 0.15) is 19.4 Å². The van der Waals surface area contributed by atoms with Crippen molar-refractivity contribution in [2.24, 2.45) is 5.10 Å². The second-order valence-electron chi connectivity index (χ2n) is 4.95. The maximum Gasteiger partial charge on any atom is 0.216 e. The molecule has 0 radical (unpaired) electrons. The Labute approximate surface area is 154 Å². The Bertz CT molecular complexity index is 913. The highest BCUT2D eigenvalue weighted by Crippen LogP contribution is 2.25. The Morgan fingerprint density at radius 1 is 1.28 bits per heavy atom. The van der Waals surface area contributed by atoms with Crippen LogP contribution in [-0.4, -0.2) is 34.3 Å². The van der Waals surface area contributed by atoms with E-state index in [1.54, 1.807) is 22.2 Å². The normalized spacial score (nSPS) is 11.1. The highest BCUT2D eigenvalue weighted by Gasteiger charge is 2.09. The van der Waals surface area contributed by atoms with Gasteiger partial charge in [0, 0.05) is 11.6 Å². The molecule has 0 saturated heterocycles. The molecule has 0 unspecified atom stereocenters. The number of hydrogen-bond acceptors (Lipinski definition) is 6. The van der Waals surface area contributed by atoms with Crippen molar-refractivity contribution in [2.45, 2.75) is 13.8 Å². The number of H-pyrrole nitrogens is 1. The number of nitrogens with one attached hydrogen (secondary N) is 1. The van der Waals surface area contributed by atoms with Gasteiger partial charge in [-0.15, -0.1) is 11.3 Å². The molecule has 8 heteroatoms. The minimum absolute atomic E-state index is 0.434. The SMILES string of the molecule is CCOc1ccc(/C=N\n2c(-c3cccs3)n[nH]c2=S)c(OCC)c1. The molecule has 0 saturated carbocycles. The van der Waals surface area contributed by atoms with Gasteiger partial charge >= 0.3 is 0 Å². The zero-order valence-electron chi connectivity index (χ0n) is 13.9. The molecule has 0 aliphatic heterocycles. The largest absolute Gasteiger partial charge is 0.494 e. The molecule has 0 spiro atoms. The van der Waals surface area contributed by atoms with E-state index in [0.717, 1.165) is 16.2 Å². The van der Waals surface area contributed by atoms with Crippen LogP contribution in [0.15, 0.2) is 40.8 Å². The van der Waals surface area contributed by atoms with Crippen LogP contribution in [0, 0.1) is 4.77 Å². The summed E-state index contributed by atoms with van der Waals surface area (Å²) in [6.07, 6.45) is 1.71. The molecule has 0 aliphatic rings. The smallest absolute Gasteiger partial charge is 0.216 e. The van der Waals surface area contributed by atoms with Gasteiger partial charge in [-0.3, -0.25) is 0 Å². The maximum atomic E-state index is 5.70. The summed E-state index contributed by atoms with van der Waals surface area (Å²) in [4.78, 5) is 0.987. The minimum atomic E-state index is 0.434. The molecular formula is C17H18N4O2S2. The number of hydrogen-bond donors (Lipinski definition) is 1. The summed E-state index contributed by atoms with van der Waals surface area (Å²) in [7, 11) is 0. The fraction of sp³-hybridized carbons (Fsp3) is 0.235. The molecule has 0 amide bonds. The number of rotatable bonds is 7. The molecule has 3 rings (SSSR count). The van der Waals surface area contributed by atoms with E-state index in [9.17, 15) is 0 Å². The highest BCUT2D eigenvalue weighted by molar-refractivity contribution is 7.71. The number of aromatic nitrogens is 3. The van der Waals surface area contributed by atoms with E-state index >= 15 is 0 Å². The highest BCUT2D eigenvalue weighted by atomic mass is 32.1. The van der Waals surface area contributed by atoms with Crippen molar-refractivity contribution in [3.8, 4) is 22.2 Å². The molecule has 0 fully saturated rings. The van der Waals surface area contributed by atoms with Gasteiger partial charge in [-0.1, -0.05) is 6.07 Å². The first-order valence-corrected chi connectivity index (χ1v) is 9.17. The molecule has 130 valence electrons. The Morgan fingerprint density at radius 3 is 2.84 bits per heavy atom. The van der Waals surface area contributed by atoms with Crippen molar-refractivity contribution in [2.75, 3.05) is 13.2 Å². The molecule has 6 nitrogen and oxygen atoms in total. The lowest BCUT2D eigenvalue weighted by Crippen LogP contribution is -2.00. The molecule has 1 N–H and O–H groups in total. The fourth-order valence-corrected chi connectivity index (χ4v) is 3.12. The average Bonchev–Trinajstić information content (AvgIpc) is 3.25. The van der Waals surface area contributed by atoms with E-state index in [2.05, 4.69) is 15.3 Å². The lowest BCUT2D eigenvalue weighted by atomic mass is 10.2. The van der Waals surface area contributed by atoms with Gasteiger partial charge in [-0.2, -0.15) is 14.9 Å². The molecule has 0 bridgehead atoms. The lowest BCUT2D eigenvalue weighted by molar-refractivity contribution is 0.323. The molecule has 0 aliphatic carbocycles. The summed E-state index contributed by atoms with van der Waals surface area (Å²) in [5.41, 5.74) is 0.838. The number of thiophene rings is 1. The van der Waals surface area contributed by atoms with Gasteiger partial charge < -0.3 is 9.47 Å². The van der Waals surface area contributed by atoms with Crippen LogP contribution < -0.4 is 9.47 Å². The summed E-state index contributed by atoms with van der Waals surface area (Å²) in [5, 5.41) is 13.5. The topological polar surface area (TPSA) is 64.4 Å². The number of ether oxygens (including phenoxy) is 2. The van der Waals surface area contributed by atoms with Crippen LogP contribution in [0.2, 0.25) is 0 Å². The van der Waals surface area contributed by atoms with Gasteiger partial charge in [0.15, 0.2) is 5.82 Å². The third kappa shape index (κ3) is 3.97. The average molecular weight is 374 g/mol. The van der Waals surface area contributed by atoms with Crippen LogP contribution >= 0.6 is 23.6 Å². The second-order valence-corrected chi connectivity index (χ2v) is 6.29. The third-order valence-electron chi connectivity index (χ3n) is 3.30. The first-order valence-electron chi connectivity index (χ1n) is 7.88. The first kappa shape index (κ1) is 17.4. The molecule has 3 aromatic rings. The maximum absolute atomic E-state index is 5.70. The van der Waals surface area contributed by atoms with Crippen molar-refractivity contribution < 1.29 is 9.47 Å². The summed E-state index contributed by atoms with van der Waals surface area (Å²) >= 11 is 6.87. The molecule has 1 aromatic carbocycles. The van der Waals surface area contributed by atoms with Crippen molar-refractivity contribution in [3.05, 3.63) is 46.0 Å². The number of benzene rings is 1. The predicted molar refractivity (Wildman–Crippen MR) is 102 cm³/mol. The van der Waals surface area contributed by atoms with Crippen LogP contribution in [0.5, 0.6) is 11.5 Å². The minimum Gasteiger partial charge on any atom is -0.494 e. The fourth-order valence-electron chi connectivity index (χ4n) is 2.24. The summed E-state index contributed by atoms with van der Waals surface area (Å²) < 4.78 is 13.3. The Morgan fingerprint density at radius 2 is 2.12 bits per heavy atom. The summed E-state index contributed by atoms with van der Waals surface area (Å²) in [6, 6.07) is 9.61. The zero-order valence-corrected chi connectivity index (χ0v) is 15.6. The van der Waals surface area contributed by atoms with E-state index in [4.69, 9.17) is 21.7 Å². The quantitative estimate of drug-likeness (QED) is 0.493. The van der Waals surface area contributed by atoms with Gasteiger partial charge in [-0.25, -0.2) is 5.10 Å². The van der Waals surface area contributed by atoms with Gasteiger partial charge in [0.25, 0.3) is 0 Å². The van der Waals surface area contributed by atoms with Crippen molar-refractivity contribution in [1.82, 2.24) is 14.9 Å². The summed E-state index contributed by atoms with van der Waals surface area (Å²) in [5.74, 6) is 2.16. The van der Waals surface area contributed by atoms with Crippen molar-refractivity contribution in [1.29, 1.82) is 0 Å². The van der Waals surface area contributed by atoms with Gasteiger partial charge in [-0.05, 0) is 49.6 Å². The van der Waals surface area contributed by atoms with E-state index in [-0.39, 0.29) is 0 Å². The van der Waals surface area contributed by atoms with E-state index in [1.165, 1.54) is 0 Å². The first-order chi connectivity index (χ1) is 12.2. The zero-order chi connectivity index (χ0) is 17.6. The van der Waals surface area contributed by atoms with Crippen molar-refractivity contribution in [3.63, 3.8) is 0 Å². The van der Waals surface area contributed by atoms with Crippen LogP contribution in [0.25, 0.3) is 10.7 Å². The van der Waals surface area contributed by atoms with Crippen LogP contribution in [0.4, 0.5) is 0 Å². The van der Waals surface area contributed by atoms with E-state index in [1.807, 2.05) is 49.6 Å². The Kier molecular flexibility index (Phi) is 5.62. The van der Waals surface area contributed by atoms with Gasteiger partial charge in [0.1, 0.15) is 11.5 Å². The number of nitrogens with zero attached hydrogens (tertiary/aromatic N) is 3. The summed E-state index contributed by atoms with van der Waals surface area (Å²) in [6.45, 7) is 5.05. The molecule has 2 heterocycles. The van der Waals surface area contributed by atoms with E-state index in [0.29, 0.717) is 29.6 Å². The second kappa shape index (κ2) is 8.09. The Balaban J connectivity index is 1.95. The van der Waals surface area contributed by atoms with Crippen LogP contribution in [-0.2, 0) is 0 Å². The number of aromatic amines is 1. The molecule has 25 heavy (non-hydrogen) atoms. The predicted octanol–water partition coefficient (Wildman–Crippen LogP) is 4.35. The molecule has 0 atom stereocenters. The van der Waals surface area contributed by atoms with Crippen LogP contribution in [0.3, 0.4) is 0 Å². The standard InChI is InChI=1S/C17H18N4O2S2/c1-3-22-13-8-7-12(14(10-13)23-4-2)11-18-21-16(19-20-17(21)24)15-6-5-9-25-15/h5-11H,3-4H2,1-2H3,(H,20,24)/b18-11-. The molecule has 2 aromatic heterocycles. The van der Waals surface area contributed by atoms with E-state index < -0.39 is 0 Å². The van der Waals surface area contributed by atoms with Gasteiger partial charge in [0.2, 0.25) is 4.77 Å². The monoisotopic (exact) mass is 374 g/mol. The molecular weight excluding hydrogens is 356 g/mol.